The topological polar surface area (TPSA) is 78.9 Å². The summed E-state index contributed by atoms with van der Waals surface area (Å²) in [4.78, 5) is 31.0. The minimum absolute atomic E-state index is 0.0338. The predicted molar refractivity (Wildman–Crippen MR) is 122 cm³/mol. The average molecular weight is 438 g/mol. The first-order chi connectivity index (χ1) is 15.6. The molecule has 1 aliphatic carbocycles. The molecule has 0 bridgehead atoms. The normalized spacial score (nSPS) is 16.1. The maximum Gasteiger partial charge on any atom is 0.242 e. The molecule has 0 atom stereocenters. The number of benzene rings is 1. The molecule has 0 unspecified atom stereocenters. The van der Waals surface area contributed by atoms with Crippen LogP contribution in [0.1, 0.15) is 26.2 Å². The summed E-state index contributed by atoms with van der Waals surface area (Å²) in [6, 6.07) is 11.7. The van der Waals surface area contributed by atoms with Crippen LogP contribution in [-0.4, -0.2) is 78.2 Å². The van der Waals surface area contributed by atoms with Crippen LogP contribution in [-0.2, 0) is 9.59 Å². The van der Waals surface area contributed by atoms with Crippen LogP contribution in [0.3, 0.4) is 0 Å². The van der Waals surface area contributed by atoms with E-state index in [1.807, 2.05) is 48.2 Å². The van der Waals surface area contributed by atoms with Gasteiger partial charge in [0.25, 0.3) is 0 Å². The molecule has 2 aliphatic rings. The molecule has 0 spiro atoms. The number of carbonyl (C=O) groups is 2. The molecular weight excluding hydrogens is 406 g/mol. The zero-order valence-electron chi connectivity index (χ0n) is 18.9. The number of rotatable bonds is 8. The van der Waals surface area contributed by atoms with E-state index in [1.165, 1.54) is 0 Å². The van der Waals surface area contributed by atoms with Crippen molar-refractivity contribution in [2.24, 2.45) is 5.92 Å². The Hall–Kier alpha value is -3.16. The van der Waals surface area contributed by atoms with E-state index in [0.29, 0.717) is 32.7 Å². The predicted octanol–water partition coefficient (Wildman–Crippen LogP) is 2.45. The lowest BCUT2D eigenvalue weighted by Crippen LogP contribution is -2.52. The molecule has 8 heteroatoms. The van der Waals surface area contributed by atoms with Crippen molar-refractivity contribution in [1.82, 2.24) is 20.0 Å². The molecule has 1 aromatic heterocycles. The van der Waals surface area contributed by atoms with Gasteiger partial charge in [-0.1, -0.05) is 19.1 Å². The van der Waals surface area contributed by atoms with Crippen LogP contribution in [0.2, 0.25) is 0 Å². The summed E-state index contributed by atoms with van der Waals surface area (Å²) in [7, 11) is 1.64. The molecule has 1 aliphatic heterocycles. The van der Waals surface area contributed by atoms with Gasteiger partial charge in [-0.2, -0.15) is 0 Å². The van der Waals surface area contributed by atoms with Crippen LogP contribution >= 0.6 is 0 Å². The first kappa shape index (κ1) is 22.0. The van der Waals surface area contributed by atoms with Crippen molar-refractivity contribution in [3.63, 3.8) is 0 Å². The second kappa shape index (κ2) is 9.97. The van der Waals surface area contributed by atoms with Crippen molar-refractivity contribution >= 4 is 17.6 Å². The van der Waals surface area contributed by atoms with E-state index >= 15 is 0 Å². The van der Waals surface area contributed by atoms with Gasteiger partial charge in [-0.3, -0.25) is 9.59 Å². The summed E-state index contributed by atoms with van der Waals surface area (Å²) in [5.74, 6) is 1.91. The van der Waals surface area contributed by atoms with Gasteiger partial charge >= 0.3 is 0 Å². The number of amides is 2. The summed E-state index contributed by atoms with van der Waals surface area (Å²) in [5, 5.41) is 8.79. The Kier molecular flexibility index (Phi) is 6.87. The Morgan fingerprint density at radius 2 is 1.88 bits per heavy atom. The largest absolute Gasteiger partial charge is 0.497 e. The average Bonchev–Trinajstić information content (AvgIpc) is 3.69. The van der Waals surface area contributed by atoms with Gasteiger partial charge in [0.1, 0.15) is 5.75 Å². The highest BCUT2D eigenvalue weighted by Crippen LogP contribution is 2.31. The van der Waals surface area contributed by atoms with Crippen LogP contribution in [0.25, 0.3) is 11.3 Å². The lowest BCUT2D eigenvalue weighted by atomic mass is 10.1. The van der Waals surface area contributed by atoms with E-state index in [0.717, 1.165) is 42.1 Å². The lowest BCUT2D eigenvalue weighted by molar-refractivity contribution is -0.141. The number of aromatic nitrogens is 2. The second-order valence-electron chi connectivity index (χ2n) is 8.41. The van der Waals surface area contributed by atoms with Crippen molar-refractivity contribution in [2.45, 2.75) is 26.2 Å². The van der Waals surface area contributed by atoms with Crippen molar-refractivity contribution in [2.75, 3.05) is 51.3 Å². The van der Waals surface area contributed by atoms with Gasteiger partial charge in [-0.25, -0.2) is 0 Å². The second-order valence-corrected chi connectivity index (χ2v) is 8.41. The molecule has 2 fully saturated rings. The van der Waals surface area contributed by atoms with Gasteiger partial charge in [0.15, 0.2) is 5.82 Å². The molecule has 1 aromatic carbocycles. The maximum atomic E-state index is 12.8. The standard InChI is InChI=1S/C24H31N5O3/c1-3-11-29(24(31)18-7-8-18)17-23(30)28-14-12-27(13-15-28)22-10-9-21(25-26-22)19-5-4-6-20(16-19)32-2/h4-6,9-10,16,18H,3,7-8,11-15,17H2,1-2H3. The van der Waals surface area contributed by atoms with Crippen LogP contribution < -0.4 is 9.64 Å². The molecule has 2 aromatic rings. The zero-order valence-corrected chi connectivity index (χ0v) is 18.9. The maximum absolute atomic E-state index is 12.8. The van der Waals surface area contributed by atoms with Crippen molar-refractivity contribution in [3.8, 4) is 17.0 Å². The highest BCUT2D eigenvalue weighted by Gasteiger charge is 2.34. The highest BCUT2D eigenvalue weighted by molar-refractivity contribution is 5.87. The molecule has 0 radical (unpaired) electrons. The van der Waals surface area contributed by atoms with Crippen molar-refractivity contribution in [1.29, 1.82) is 0 Å². The van der Waals surface area contributed by atoms with E-state index in [-0.39, 0.29) is 24.3 Å². The van der Waals surface area contributed by atoms with E-state index in [1.54, 1.807) is 12.0 Å². The molecule has 2 heterocycles. The molecular formula is C24H31N5O3. The number of hydrogen-bond acceptors (Lipinski definition) is 6. The third kappa shape index (κ3) is 5.18. The number of ether oxygens (including phenoxy) is 1. The number of anilines is 1. The number of piperazine rings is 1. The fourth-order valence-electron chi connectivity index (χ4n) is 4.00. The Morgan fingerprint density at radius 3 is 2.50 bits per heavy atom. The Balaban J connectivity index is 1.32. The van der Waals surface area contributed by atoms with E-state index in [9.17, 15) is 9.59 Å². The number of hydrogen-bond donors (Lipinski definition) is 0. The third-order valence-electron chi connectivity index (χ3n) is 6.03. The monoisotopic (exact) mass is 437 g/mol. The summed E-state index contributed by atoms with van der Waals surface area (Å²) < 4.78 is 5.28. The summed E-state index contributed by atoms with van der Waals surface area (Å²) in [6.45, 7) is 5.52. The summed E-state index contributed by atoms with van der Waals surface area (Å²) in [6.07, 6.45) is 2.79. The first-order valence-corrected chi connectivity index (χ1v) is 11.4. The lowest BCUT2D eigenvalue weighted by Gasteiger charge is -2.36. The third-order valence-corrected chi connectivity index (χ3v) is 6.03. The quantitative estimate of drug-likeness (QED) is 0.631. The van der Waals surface area contributed by atoms with Gasteiger partial charge < -0.3 is 19.4 Å². The molecule has 0 N–H and O–H groups in total. The molecule has 170 valence electrons. The van der Waals surface area contributed by atoms with Crippen LogP contribution in [0.15, 0.2) is 36.4 Å². The van der Waals surface area contributed by atoms with Gasteiger partial charge in [-0.15, -0.1) is 10.2 Å². The minimum atomic E-state index is 0.0338. The van der Waals surface area contributed by atoms with Gasteiger partial charge in [-0.05, 0) is 43.5 Å². The molecule has 1 saturated carbocycles. The number of carbonyl (C=O) groups excluding carboxylic acids is 2. The molecule has 32 heavy (non-hydrogen) atoms. The summed E-state index contributed by atoms with van der Waals surface area (Å²) >= 11 is 0. The van der Waals surface area contributed by atoms with E-state index in [2.05, 4.69) is 15.1 Å². The molecule has 8 nitrogen and oxygen atoms in total. The summed E-state index contributed by atoms with van der Waals surface area (Å²) in [5.41, 5.74) is 1.74. The van der Waals surface area contributed by atoms with Crippen LogP contribution in [0.4, 0.5) is 5.82 Å². The van der Waals surface area contributed by atoms with Crippen LogP contribution in [0, 0.1) is 5.92 Å². The Labute approximate surface area is 189 Å². The minimum Gasteiger partial charge on any atom is -0.497 e. The number of methoxy groups -OCH3 is 1. The van der Waals surface area contributed by atoms with Gasteiger partial charge in [0.05, 0.1) is 19.3 Å². The fraction of sp³-hybridized carbons (Fsp3) is 0.500. The van der Waals surface area contributed by atoms with Gasteiger partial charge in [0, 0.05) is 44.2 Å². The fourth-order valence-corrected chi connectivity index (χ4v) is 4.00. The number of nitrogens with zero attached hydrogens (tertiary/aromatic N) is 5. The SMILES string of the molecule is CCCN(CC(=O)N1CCN(c2ccc(-c3cccc(OC)c3)nn2)CC1)C(=O)C1CC1. The smallest absolute Gasteiger partial charge is 0.242 e. The van der Waals surface area contributed by atoms with Crippen molar-refractivity contribution in [3.05, 3.63) is 36.4 Å². The van der Waals surface area contributed by atoms with E-state index < -0.39 is 0 Å². The molecule has 1 saturated heterocycles. The first-order valence-electron chi connectivity index (χ1n) is 11.4. The van der Waals surface area contributed by atoms with E-state index in [4.69, 9.17) is 4.74 Å². The highest BCUT2D eigenvalue weighted by atomic mass is 16.5. The molecule has 4 rings (SSSR count). The van der Waals surface area contributed by atoms with Crippen LogP contribution in [0.5, 0.6) is 5.75 Å². The van der Waals surface area contributed by atoms with Gasteiger partial charge in [0.2, 0.25) is 11.8 Å². The Bertz CT molecular complexity index is 937. The molecule has 2 amide bonds. The Morgan fingerprint density at radius 1 is 1.09 bits per heavy atom. The zero-order chi connectivity index (χ0) is 22.5. The van der Waals surface area contributed by atoms with Crippen molar-refractivity contribution < 1.29 is 14.3 Å².